The van der Waals surface area contributed by atoms with Crippen LogP contribution in [0.1, 0.15) is 10.4 Å². The van der Waals surface area contributed by atoms with E-state index in [9.17, 15) is 18.0 Å². The molecule has 8 nitrogen and oxygen atoms in total. The van der Waals surface area contributed by atoms with Crippen molar-refractivity contribution in [1.82, 2.24) is 25.1 Å². The van der Waals surface area contributed by atoms with E-state index >= 15 is 0 Å². The normalized spacial score (nSPS) is 11.5. The molecule has 164 valence electrons. The minimum atomic E-state index is -4.47. The molecule has 0 bridgehead atoms. The van der Waals surface area contributed by atoms with E-state index in [1.807, 2.05) is 29.6 Å². The Morgan fingerprint density at radius 3 is 2.59 bits per heavy atom. The summed E-state index contributed by atoms with van der Waals surface area (Å²) in [6.07, 6.45) is -2.83. The zero-order chi connectivity index (χ0) is 22.9. The summed E-state index contributed by atoms with van der Waals surface area (Å²) < 4.78 is 38.3. The van der Waals surface area contributed by atoms with Crippen LogP contribution >= 0.6 is 0 Å². The number of nitrogens with zero attached hydrogens (tertiary/aromatic N) is 4. The lowest BCUT2D eigenvalue weighted by Gasteiger charge is -2.08. The summed E-state index contributed by atoms with van der Waals surface area (Å²) in [7, 11) is 1.72. The van der Waals surface area contributed by atoms with Crippen molar-refractivity contribution in [3.63, 3.8) is 0 Å². The van der Waals surface area contributed by atoms with Crippen LogP contribution in [0.4, 0.5) is 30.6 Å². The number of carbonyl (C=O) groups excluding carboxylic acids is 1. The Morgan fingerprint density at radius 1 is 1.12 bits per heavy atom. The predicted molar refractivity (Wildman–Crippen MR) is 114 cm³/mol. The Balaban J connectivity index is 1.50. The molecule has 0 unspecified atom stereocenters. The van der Waals surface area contributed by atoms with Crippen molar-refractivity contribution in [2.24, 2.45) is 7.05 Å². The van der Waals surface area contributed by atoms with E-state index in [1.165, 1.54) is 12.1 Å². The van der Waals surface area contributed by atoms with Gasteiger partial charge in [-0.1, -0.05) is 12.1 Å². The number of nitrogen functional groups attached to an aromatic ring is 1. The van der Waals surface area contributed by atoms with Gasteiger partial charge >= 0.3 is 6.18 Å². The van der Waals surface area contributed by atoms with E-state index < -0.39 is 18.6 Å². The molecule has 0 aliphatic heterocycles. The molecule has 1 amide bonds. The van der Waals surface area contributed by atoms with Gasteiger partial charge in [-0.15, -0.1) is 5.10 Å². The number of nitrogens with two attached hydrogens (primary N) is 1. The molecule has 0 fully saturated rings. The number of carbonyl (C=O) groups is 1. The average molecular weight is 441 g/mol. The second kappa shape index (κ2) is 8.17. The fourth-order valence-corrected chi connectivity index (χ4v) is 3.08. The molecule has 2 aromatic carbocycles. The minimum Gasteiger partial charge on any atom is -0.383 e. The van der Waals surface area contributed by atoms with Crippen molar-refractivity contribution in [3.8, 4) is 11.4 Å². The highest BCUT2D eigenvalue weighted by Gasteiger charge is 2.27. The van der Waals surface area contributed by atoms with Gasteiger partial charge in [0, 0.05) is 35.4 Å². The number of benzene rings is 2. The highest BCUT2D eigenvalue weighted by atomic mass is 19.4. The lowest BCUT2D eigenvalue weighted by molar-refractivity contribution is -0.123. The maximum absolute atomic E-state index is 12.3. The van der Waals surface area contributed by atoms with Gasteiger partial charge in [0.05, 0.1) is 0 Å². The molecule has 0 saturated carbocycles. The van der Waals surface area contributed by atoms with Gasteiger partial charge in [-0.3, -0.25) is 4.79 Å². The van der Waals surface area contributed by atoms with E-state index in [1.54, 1.807) is 30.1 Å². The van der Waals surface area contributed by atoms with E-state index in [2.05, 4.69) is 20.4 Å². The van der Waals surface area contributed by atoms with Gasteiger partial charge in [0.25, 0.3) is 5.91 Å². The van der Waals surface area contributed by atoms with Gasteiger partial charge in [-0.25, -0.2) is 9.67 Å². The van der Waals surface area contributed by atoms with Gasteiger partial charge in [0.2, 0.25) is 5.95 Å². The fourth-order valence-electron chi connectivity index (χ4n) is 3.08. The minimum absolute atomic E-state index is 0.109. The molecule has 4 aromatic rings. The number of alkyl halides is 3. The molecule has 0 saturated heterocycles. The van der Waals surface area contributed by atoms with E-state index in [4.69, 9.17) is 5.73 Å². The molecule has 2 aromatic heterocycles. The lowest BCUT2D eigenvalue weighted by Crippen LogP contribution is -2.33. The van der Waals surface area contributed by atoms with Crippen molar-refractivity contribution < 1.29 is 18.0 Å². The number of aromatic nitrogens is 4. The maximum Gasteiger partial charge on any atom is 0.405 e. The van der Waals surface area contributed by atoms with Gasteiger partial charge < -0.3 is 16.4 Å². The molecule has 0 radical (unpaired) electrons. The van der Waals surface area contributed by atoms with Crippen molar-refractivity contribution in [3.05, 3.63) is 60.3 Å². The number of anilines is 3. The van der Waals surface area contributed by atoms with Crippen LogP contribution in [0.15, 0.2) is 54.7 Å². The topological polar surface area (TPSA) is 111 Å². The first-order valence-electron chi connectivity index (χ1n) is 9.47. The van der Waals surface area contributed by atoms with Gasteiger partial charge in [-0.05, 0) is 41.8 Å². The average Bonchev–Trinajstić information content (AvgIpc) is 3.12. The summed E-state index contributed by atoms with van der Waals surface area (Å²) in [5.41, 5.74) is 7.38. The number of amides is 1. The summed E-state index contributed by atoms with van der Waals surface area (Å²) in [6.45, 7) is -1.39. The number of aryl methyl sites for hydroxylation is 1. The van der Waals surface area contributed by atoms with Crippen molar-refractivity contribution in [2.45, 2.75) is 6.18 Å². The monoisotopic (exact) mass is 441 g/mol. The first kappa shape index (κ1) is 21.1. The first-order valence-corrected chi connectivity index (χ1v) is 9.47. The number of pyridine rings is 1. The van der Waals surface area contributed by atoms with Crippen LogP contribution in [-0.4, -0.2) is 38.4 Å². The third-order valence-electron chi connectivity index (χ3n) is 4.67. The van der Waals surface area contributed by atoms with Crippen LogP contribution in [0.2, 0.25) is 0 Å². The smallest absolute Gasteiger partial charge is 0.383 e. The second-order valence-corrected chi connectivity index (χ2v) is 7.01. The zero-order valence-corrected chi connectivity index (χ0v) is 16.8. The number of nitrogens with one attached hydrogen (secondary N) is 2. The lowest BCUT2D eigenvalue weighted by atomic mass is 10.1. The molecule has 0 aliphatic rings. The summed E-state index contributed by atoms with van der Waals surface area (Å²) >= 11 is 0. The predicted octanol–water partition coefficient (Wildman–Crippen LogP) is 3.65. The molecule has 32 heavy (non-hydrogen) atoms. The number of hydrogen-bond donors (Lipinski definition) is 3. The summed E-state index contributed by atoms with van der Waals surface area (Å²) in [6, 6.07) is 13.5. The molecular formula is C21H18F3N7O. The first-order chi connectivity index (χ1) is 15.2. The Bertz CT molecular complexity index is 1280. The van der Waals surface area contributed by atoms with Crippen LogP contribution in [0.5, 0.6) is 0 Å². The number of halogens is 3. The van der Waals surface area contributed by atoms with Gasteiger partial charge in [0.1, 0.15) is 12.4 Å². The van der Waals surface area contributed by atoms with Gasteiger partial charge in [0.15, 0.2) is 5.82 Å². The number of hydrogen-bond acceptors (Lipinski definition) is 6. The van der Waals surface area contributed by atoms with Crippen LogP contribution < -0.4 is 16.4 Å². The fraction of sp³-hybridized carbons (Fsp3) is 0.143. The van der Waals surface area contributed by atoms with Gasteiger partial charge in [-0.2, -0.15) is 18.2 Å². The molecule has 0 atom stereocenters. The highest BCUT2D eigenvalue weighted by Crippen LogP contribution is 2.25. The molecule has 4 rings (SSSR count). The Hall–Kier alpha value is -4.15. The highest BCUT2D eigenvalue weighted by molar-refractivity contribution is 5.95. The standard InChI is InChI=1S/C21H18F3N7O/c1-31-20(28-15-6-7-16-14(10-15)8-9-26-17(16)25)29-18(30-31)12-2-4-13(5-3-12)19(32)27-11-21(22,23)24/h2-10H,11H2,1H3,(H2,25,26)(H,27,32)(H,28,29,30). The molecule has 0 aliphatic carbocycles. The van der Waals surface area contributed by atoms with Crippen molar-refractivity contribution in [1.29, 1.82) is 0 Å². The van der Waals surface area contributed by atoms with Crippen LogP contribution in [0.3, 0.4) is 0 Å². The summed E-state index contributed by atoms with van der Waals surface area (Å²) in [5.74, 6) is 0.516. The van der Waals surface area contributed by atoms with Crippen LogP contribution in [-0.2, 0) is 7.05 Å². The van der Waals surface area contributed by atoms with Crippen molar-refractivity contribution in [2.75, 3.05) is 17.6 Å². The molecule has 0 spiro atoms. The molecular weight excluding hydrogens is 423 g/mol. The third kappa shape index (κ3) is 4.61. The van der Waals surface area contributed by atoms with Crippen LogP contribution in [0.25, 0.3) is 22.2 Å². The van der Waals surface area contributed by atoms with Crippen LogP contribution in [0, 0.1) is 0 Å². The zero-order valence-electron chi connectivity index (χ0n) is 16.8. The quantitative estimate of drug-likeness (QED) is 0.436. The maximum atomic E-state index is 12.3. The van der Waals surface area contributed by atoms with E-state index in [0.29, 0.717) is 23.2 Å². The van der Waals surface area contributed by atoms with Crippen molar-refractivity contribution >= 4 is 34.1 Å². The van der Waals surface area contributed by atoms with E-state index in [-0.39, 0.29) is 5.56 Å². The number of fused-ring (bicyclic) bond motifs is 1. The summed E-state index contributed by atoms with van der Waals surface area (Å²) in [5, 5.41) is 11.2. The Morgan fingerprint density at radius 2 is 1.88 bits per heavy atom. The van der Waals surface area contributed by atoms with E-state index in [0.717, 1.165) is 16.5 Å². The summed E-state index contributed by atoms with van der Waals surface area (Å²) in [4.78, 5) is 20.4. The number of rotatable bonds is 5. The largest absolute Gasteiger partial charge is 0.405 e. The second-order valence-electron chi connectivity index (χ2n) is 7.01. The Labute approximate surface area is 180 Å². The molecule has 11 heteroatoms. The SMILES string of the molecule is Cn1nc(-c2ccc(C(=O)NCC(F)(F)F)cc2)nc1Nc1ccc2c(N)nccc2c1. The third-order valence-corrected chi connectivity index (χ3v) is 4.67. The Kier molecular flexibility index (Phi) is 5.39. The molecule has 4 N–H and O–H groups in total. The molecule has 2 heterocycles.